The van der Waals surface area contributed by atoms with Gasteiger partial charge in [0.2, 0.25) is 12.2 Å². The summed E-state index contributed by atoms with van der Waals surface area (Å²) < 4.78 is 0. The Kier molecular flexibility index (Phi) is 6.04. The molecule has 20 heavy (non-hydrogen) atoms. The highest BCUT2D eigenvalue weighted by Crippen LogP contribution is 2.38. The topological polar surface area (TPSA) is 96.2 Å². The second-order valence-electron chi connectivity index (χ2n) is 4.15. The van der Waals surface area contributed by atoms with Crippen LogP contribution in [0.1, 0.15) is 37.7 Å². The lowest BCUT2D eigenvalue weighted by atomic mass is 9.91. The molecule has 0 spiro atoms. The molecule has 6 nitrogen and oxygen atoms in total. The molecule has 0 aromatic heterocycles. The monoisotopic (exact) mass is 274 g/mol. The normalized spacial score (nSPS) is 11.1. The van der Waals surface area contributed by atoms with Crippen LogP contribution in [-0.4, -0.2) is 23.2 Å². The molecule has 1 rings (SSSR count). The molecule has 0 bridgehead atoms. The van der Waals surface area contributed by atoms with Crippen LogP contribution in [0.25, 0.3) is 0 Å². The van der Waals surface area contributed by atoms with Gasteiger partial charge in [0.05, 0.1) is 17.3 Å². The zero-order chi connectivity index (χ0) is 15.0. The minimum atomic E-state index is -1.05. The number of benzene rings is 1. The van der Waals surface area contributed by atoms with Gasteiger partial charge in [0.1, 0.15) is 0 Å². The van der Waals surface area contributed by atoms with Crippen molar-refractivity contribution in [3.05, 3.63) is 23.8 Å². The third kappa shape index (κ3) is 3.72. The van der Waals surface area contributed by atoms with Gasteiger partial charge in [0.25, 0.3) is 0 Å². The number of carboxylic acids is 1. The minimum Gasteiger partial charge on any atom is -0.481 e. The molecule has 0 saturated carbocycles. The van der Waals surface area contributed by atoms with Gasteiger partial charge in [0, 0.05) is 5.56 Å². The van der Waals surface area contributed by atoms with Crippen molar-refractivity contribution in [1.82, 2.24) is 0 Å². The molecule has 104 valence electrons. The highest BCUT2D eigenvalue weighted by molar-refractivity contribution is 5.82. The number of unbranched alkanes of at least 4 members (excludes halogenated alkanes) is 1. The fourth-order valence-corrected chi connectivity index (χ4v) is 1.99. The summed E-state index contributed by atoms with van der Waals surface area (Å²) in [5.41, 5.74) is 0.583. The predicted octanol–water partition coefficient (Wildman–Crippen LogP) is 2.98. The molecule has 0 fully saturated rings. The molecule has 0 amide bonds. The Labute approximate surface area is 115 Å². The number of hydrogen-bond donors (Lipinski definition) is 1. The smallest absolute Gasteiger partial charge is 0.311 e. The fraction of sp³-hybridized carbons (Fsp3) is 0.357. The Bertz CT molecular complexity index is 549. The quantitative estimate of drug-likeness (QED) is 0.610. The Hall–Kier alpha value is -2.55. The van der Waals surface area contributed by atoms with Gasteiger partial charge in [0.15, 0.2) is 0 Å². The highest BCUT2D eigenvalue weighted by atomic mass is 16.4. The molecule has 1 unspecified atom stereocenters. The number of carboxylic acid groups (broad SMARTS) is 1. The first-order valence-corrected chi connectivity index (χ1v) is 6.17. The molecule has 0 saturated heterocycles. The van der Waals surface area contributed by atoms with E-state index in [1.807, 2.05) is 6.92 Å². The van der Waals surface area contributed by atoms with E-state index in [1.165, 1.54) is 30.4 Å². The number of hydrogen-bond acceptors (Lipinski definition) is 5. The average Bonchev–Trinajstić information content (AvgIpc) is 2.42. The van der Waals surface area contributed by atoms with Crippen molar-refractivity contribution < 1.29 is 19.5 Å². The number of rotatable bonds is 7. The molecule has 0 aliphatic rings. The van der Waals surface area contributed by atoms with Crippen molar-refractivity contribution in [2.24, 2.45) is 9.98 Å². The van der Waals surface area contributed by atoms with Crippen LogP contribution in [0.15, 0.2) is 28.2 Å². The van der Waals surface area contributed by atoms with Crippen molar-refractivity contribution >= 4 is 29.5 Å². The van der Waals surface area contributed by atoms with E-state index in [0.717, 1.165) is 6.42 Å². The van der Waals surface area contributed by atoms with Gasteiger partial charge in [-0.15, -0.1) is 0 Å². The maximum atomic E-state index is 11.4. The highest BCUT2D eigenvalue weighted by Gasteiger charge is 2.25. The Morgan fingerprint density at radius 2 is 1.80 bits per heavy atom. The van der Waals surface area contributed by atoms with Crippen LogP contribution in [0.5, 0.6) is 0 Å². The standard InChI is InChI=1S/C14H14N2O4/c1-2-3-5-10(14(19)20)13-11(15-8-17)6-4-7-12(13)16-9-18/h4,6-7,10H,2-3,5H2,1H3,(H,19,20). The van der Waals surface area contributed by atoms with Crippen LogP contribution in [-0.2, 0) is 14.4 Å². The number of aliphatic imine (C=N–C) groups is 2. The first kappa shape index (κ1) is 15.5. The summed E-state index contributed by atoms with van der Waals surface area (Å²) >= 11 is 0. The largest absolute Gasteiger partial charge is 0.481 e. The third-order valence-corrected chi connectivity index (χ3v) is 2.89. The molecular weight excluding hydrogens is 260 g/mol. The average molecular weight is 274 g/mol. The summed E-state index contributed by atoms with van der Waals surface area (Å²) in [6.45, 7) is 1.94. The van der Waals surface area contributed by atoms with Crippen LogP contribution in [0.4, 0.5) is 11.4 Å². The first-order valence-electron chi connectivity index (χ1n) is 6.17. The third-order valence-electron chi connectivity index (χ3n) is 2.89. The van der Waals surface area contributed by atoms with Crippen molar-refractivity contribution in [3.63, 3.8) is 0 Å². The number of nitrogens with zero attached hydrogens (tertiary/aromatic N) is 2. The summed E-state index contributed by atoms with van der Waals surface area (Å²) in [5.74, 6) is -1.93. The maximum absolute atomic E-state index is 11.4. The van der Waals surface area contributed by atoms with E-state index in [-0.39, 0.29) is 16.9 Å². The van der Waals surface area contributed by atoms with Gasteiger partial charge in [-0.2, -0.15) is 9.98 Å². The minimum absolute atomic E-state index is 0.167. The number of carbonyl (C=O) groups is 1. The van der Waals surface area contributed by atoms with Crippen molar-refractivity contribution in [3.8, 4) is 0 Å². The molecule has 0 aliphatic carbocycles. The summed E-state index contributed by atoms with van der Waals surface area (Å²) in [7, 11) is 0. The number of carbonyl (C=O) groups excluding carboxylic acids is 2. The molecule has 0 heterocycles. The van der Waals surface area contributed by atoms with Gasteiger partial charge in [-0.25, -0.2) is 9.59 Å². The zero-order valence-corrected chi connectivity index (χ0v) is 11.0. The van der Waals surface area contributed by atoms with Crippen LogP contribution < -0.4 is 0 Å². The molecule has 1 aromatic carbocycles. The summed E-state index contributed by atoms with van der Waals surface area (Å²) in [4.78, 5) is 39.4. The lowest BCUT2D eigenvalue weighted by molar-refractivity contribution is -0.139. The van der Waals surface area contributed by atoms with Crippen LogP contribution in [0.3, 0.4) is 0 Å². The van der Waals surface area contributed by atoms with Crippen LogP contribution >= 0.6 is 0 Å². The number of aliphatic carboxylic acids is 1. The molecule has 1 N–H and O–H groups in total. The van der Waals surface area contributed by atoms with E-state index in [2.05, 4.69) is 9.98 Å². The maximum Gasteiger partial charge on any atom is 0.311 e. The molecule has 0 aliphatic heterocycles. The first-order chi connectivity index (χ1) is 9.65. The molecule has 6 heteroatoms. The summed E-state index contributed by atoms with van der Waals surface area (Å²) in [6.07, 6.45) is 4.67. The molecule has 0 radical (unpaired) electrons. The number of isocyanates is 2. The van der Waals surface area contributed by atoms with Crippen molar-refractivity contribution in [2.75, 3.05) is 0 Å². The second-order valence-corrected chi connectivity index (χ2v) is 4.15. The molecule has 1 aromatic rings. The van der Waals surface area contributed by atoms with Gasteiger partial charge in [-0.1, -0.05) is 25.8 Å². The van der Waals surface area contributed by atoms with Crippen LogP contribution in [0.2, 0.25) is 0 Å². The van der Waals surface area contributed by atoms with Crippen molar-refractivity contribution in [2.45, 2.75) is 32.1 Å². The lowest BCUT2D eigenvalue weighted by Crippen LogP contribution is -2.12. The Morgan fingerprint density at radius 3 is 2.20 bits per heavy atom. The SMILES string of the molecule is CCCCC(C(=O)O)c1c(N=C=O)cccc1N=C=O. The van der Waals surface area contributed by atoms with Gasteiger partial charge in [-0.05, 0) is 18.6 Å². The van der Waals surface area contributed by atoms with E-state index in [9.17, 15) is 19.5 Å². The Morgan fingerprint density at radius 1 is 1.25 bits per heavy atom. The fourth-order valence-electron chi connectivity index (χ4n) is 1.99. The van der Waals surface area contributed by atoms with Crippen LogP contribution in [0, 0.1) is 0 Å². The van der Waals surface area contributed by atoms with E-state index in [1.54, 1.807) is 0 Å². The zero-order valence-electron chi connectivity index (χ0n) is 11.0. The van der Waals surface area contributed by atoms with E-state index in [0.29, 0.717) is 12.8 Å². The lowest BCUT2D eigenvalue weighted by Gasteiger charge is -2.15. The van der Waals surface area contributed by atoms with Crippen molar-refractivity contribution in [1.29, 1.82) is 0 Å². The van der Waals surface area contributed by atoms with E-state index >= 15 is 0 Å². The van der Waals surface area contributed by atoms with E-state index in [4.69, 9.17) is 0 Å². The van der Waals surface area contributed by atoms with Gasteiger partial charge in [-0.3, -0.25) is 4.79 Å². The van der Waals surface area contributed by atoms with E-state index < -0.39 is 11.9 Å². The Balaban J connectivity index is 3.45. The summed E-state index contributed by atoms with van der Waals surface area (Å²) in [5, 5.41) is 9.36. The van der Waals surface area contributed by atoms with Gasteiger partial charge < -0.3 is 5.11 Å². The summed E-state index contributed by atoms with van der Waals surface area (Å²) in [6, 6.07) is 4.52. The molecular formula is C14H14N2O4. The molecule has 1 atom stereocenters. The second kappa shape index (κ2) is 7.79. The van der Waals surface area contributed by atoms with Gasteiger partial charge >= 0.3 is 5.97 Å². The predicted molar refractivity (Wildman–Crippen MR) is 71.9 cm³/mol.